The van der Waals surface area contributed by atoms with E-state index in [-0.39, 0.29) is 6.04 Å². The summed E-state index contributed by atoms with van der Waals surface area (Å²) in [5.41, 5.74) is 9.37. The van der Waals surface area contributed by atoms with Crippen LogP contribution in [0.1, 0.15) is 30.5 Å². The highest BCUT2D eigenvalue weighted by atomic mass is 15.3. The monoisotopic (exact) mass is 215 g/mol. The van der Waals surface area contributed by atoms with Crippen molar-refractivity contribution in [2.45, 2.75) is 26.3 Å². The number of aromatic nitrogens is 2. The fourth-order valence-corrected chi connectivity index (χ4v) is 1.66. The molecule has 0 saturated heterocycles. The molecule has 3 heteroatoms. The minimum absolute atomic E-state index is 0.133. The number of aryl methyl sites for hydroxylation is 1. The van der Waals surface area contributed by atoms with Crippen molar-refractivity contribution in [3.8, 4) is 5.69 Å². The van der Waals surface area contributed by atoms with Crippen LogP contribution in [0.4, 0.5) is 0 Å². The molecule has 1 aromatic carbocycles. The normalized spacial score (nSPS) is 12.7. The summed E-state index contributed by atoms with van der Waals surface area (Å²) in [4.78, 5) is 0. The first-order valence-electron chi connectivity index (χ1n) is 5.58. The Morgan fingerprint density at radius 2 is 2.00 bits per heavy atom. The van der Waals surface area contributed by atoms with Gasteiger partial charge in [0.25, 0.3) is 0 Å². The van der Waals surface area contributed by atoms with Crippen LogP contribution in [0.15, 0.2) is 36.7 Å². The Kier molecular flexibility index (Phi) is 3.06. The lowest BCUT2D eigenvalue weighted by Gasteiger charge is -2.09. The molecule has 2 aromatic rings. The molecule has 3 nitrogen and oxygen atoms in total. The maximum Gasteiger partial charge on any atom is 0.0645 e. The van der Waals surface area contributed by atoms with E-state index >= 15 is 0 Å². The summed E-state index contributed by atoms with van der Waals surface area (Å²) in [7, 11) is 0. The SMILES string of the molecule is CC[C@H](N)c1ccc(-n2cc(C)cn2)cc1. The second-order valence-corrected chi connectivity index (χ2v) is 4.07. The van der Waals surface area contributed by atoms with Crippen LogP contribution in [-0.4, -0.2) is 9.78 Å². The average Bonchev–Trinajstić information content (AvgIpc) is 2.75. The highest BCUT2D eigenvalue weighted by Gasteiger charge is 2.03. The van der Waals surface area contributed by atoms with Gasteiger partial charge in [-0.1, -0.05) is 19.1 Å². The van der Waals surface area contributed by atoms with Crippen LogP contribution in [0.25, 0.3) is 5.69 Å². The molecule has 0 bridgehead atoms. The molecule has 0 fully saturated rings. The average molecular weight is 215 g/mol. The van der Waals surface area contributed by atoms with Crippen molar-refractivity contribution in [1.29, 1.82) is 0 Å². The van der Waals surface area contributed by atoms with Crippen LogP contribution < -0.4 is 5.73 Å². The molecule has 16 heavy (non-hydrogen) atoms. The minimum Gasteiger partial charge on any atom is -0.324 e. The van der Waals surface area contributed by atoms with Gasteiger partial charge in [0, 0.05) is 12.2 Å². The lowest BCUT2D eigenvalue weighted by atomic mass is 10.1. The fourth-order valence-electron chi connectivity index (χ4n) is 1.66. The first-order valence-corrected chi connectivity index (χ1v) is 5.58. The van der Waals surface area contributed by atoms with E-state index in [4.69, 9.17) is 5.73 Å². The lowest BCUT2D eigenvalue weighted by molar-refractivity contribution is 0.698. The first kappa shape index (κ1) is 10.9. The van der Waals surface area contributed by atoms with Gasteiger partial charge in [0.15, 0.2) is 0 Å². The van der Waals surface area contributed by atoms with Crippen LogP contribution in [0, 0.1) is 6.92 Å². The third kappa shape index (κ3) is 2.14. The summed E-state index contributed by atoms with van der Waals surface area (Å²) >= 11 is 0. The van der Waals surface area contributed by atoms with Crippen molar-refractivity contribution in [1.82, 2.24) is 9.78 Å². The van der Waals surface area contributed by atoms with Crippen molar-refractivity contribution in [2.75, 3.05) is 0 Å². The van der Waals surface area contributed by atoms with Crippen molar-refractivity contribution in [3.63, 3.8) is 0 Å². The Labute approximate surface area is 95.9 Å². The van der Waals surface area contributed by atoms with E-state index in [1.54, 1.807) is 0 Å². The van der Waals surface area contributed by atoms with Crippen molar-refractivity contribution < 1.29 is 0 Å². The van der Waals surface area contributed by atoms with E-state index in [2.05, 4.69) is 36.3 Å². The Morgan fingerprint density at radius 3 is 2.50 bits per heavy atom. The summed E-state index contributed by atoms with van der Waals surface area (Å²) in [6.07, 6.45) is 4.82. The van der Waals surface area contributed by atoms with Gasteiger partial charge < -0.3 is 5.73 Å². The zero-order valence-corrected chi connectivity index (χ0v) is 9.72. The summed E-state index contributed by atoms with van der Waals surface area (Å²) < 4.78 is 1.87. The third-order valence-electron chi connectivity index (χ3n) is 2.74. The molecular weight excluding hydrogens is 198 g/mol. The smallest absolute Gasteiger partial charge is 0.0645 e. The van der Waals surface area contributed by atoms with Crippen LogP contribution in [-0.2, 0) is 0 Å². The predicted octanol–water partition coefficient (Wildman–Crippen LogP) is 2.59. The van der Waals surface area contributed by atoms with Crippen LogP contribution >= 0.6 is 0 Å². The lowest BCUT2D eigenvalue weighted by Crippen LogP contribution is -2.08. The van der Waals surface area contributed by atoms with Crippen LogP contribution in [0.3, 0.4) is 0 Å². The van der Waals surface area contributed by atoms with Crippen LogP contribution in [0.2, 0.25) is 0 Å². The van der Waals surface area contributed by atoms with Gasteiger partial charge in [0.05, 0.1) is 11.9 Å². The molecular formula is C13H17N3. The molecule has 1 atom stereocenters. The summed E-state index contributed by atoms with van der Waals surface area (Å²) in [6.45, 7) is 4.13. The summed E-state index contributed by atoms with van der Waals surface area (Å²) in [5, 5.41) is 4.27. The standard InChI is InChI=1S/C13H17N3/c1-3-13(14)11-4-6-12(7-5-11)16-9-10(2)8-15-16/h4-9,13H,3,14H2,1-2H3/t13-/m0/s1. The topological polar surface area (TPSA) is 43.8 Å². The van der Waals surface area contributed by atoms with E-state index in [1.165, 1.54) is 5.56 Å². The van der Waals surface area contributed by atoms with Crippen molar-refractivity contribution in [3.05, 3.63) is 47.8 Å². The second kappa shape index (κ2) is 4.49. The molecule has 2 rings (SSSR count). The van der Waals surface area contributed by atoms with Gasteiger partial charge in [0.1, 0.15) is 0 Å². The van der Waals surface area contributed by atoms with E-state index in [1.807, 2.05) is 24.0 Å². The van der Waals surface area contributed by atoms with Crippen LogP contribution in [0.5, 0.6) is 0 Å². The Hall–Kier alpha value is -1.61. The highest BCUT2D eigenvalue weighted by molar-refractivity contribution is 5.35. The number of hydrogen-bond acceptors (Lipinski definition) is 2. The maximum atomic E-state index is 5.96. The molecule has 0 saturated carbocycles. The van der Waals surface area contributed by atoms with E-state index < -0.39 is 0 Å². The molecule has 0 aliphatic heterocycles. The van der Waals surface area contributed by atoms with E-state index in [0.29, 0.717) is 0 Å². The molecule has 1 aromatic heterocycles. The molecule has 0 unspecified atom stereocenters. The molecule has 0 amide bonds. The van der Waals surface area contributed by atoms with Gasteiger partial charge >= 0.3 is 0 Å². The third-order valence-corrected chi connectivity index (χ3v) is 2.74. The second-order valence-electron chi connectivity index (χ2n) is 4.07. The zero-order chi connectivity index (χ0) is 11.5. The van der Waals surface area contributed by atoms with Gasteiger partial charge in [-0.3, -0.25) is 0 Å². The maximum absolute atomic E-state index is 5.96. The van der Waals surface area contributed by atoms with Gasteiger partial charge in [0.2, 0.25) is 0 Å². The van der Waals surface area contributed by atoms with E-state index in [0.717, 1.165) is 17.7 Å². The van der Waals surface area contributed by atoms with Gasteiger partial charge in [-0.15, -0.1) is 0 Å². The van der Waals surface area contributed by atoms with E-state index in [9.17, 15) is 0 Å². The summed E-state index contributed by atoms with van der Waals surface area (Å²) in [6, 6.07) is 8.38. The van der Waals surface area contributed by atoms with Gasteiger partial charge in [-0.25, -0.2) is 4.68 Å². The molecule has 0 spiro atoms. The highest BCUT2D eigenvalue weighted by Crippen LogP contribution is 2.16. The molecule has 84 valence electrons. The number of hydrogen-bond donors (Lipinski definition) is 1. The molecule has 1 heterocycles. The van der Waals surface area contributed by atoms with Gasteiger partial charge in [-0.05, 0) is 36.6 Å². The predicted molar refractivity (Wildman–Crippen MR) is 65.5 cm³/mol. The molecule has 0 aliphatic rings. The quantitative estimate of drug-likeness (QED) is 0.855. The Balaban J connectivity index is 2.25. The molecule has 2 N–H and O–H groups in total. The largest absolute Gasteiger partial charge is 0.324 e. The van der Waals surface area contributed by atoms with Crippen molar-refractivity contribution >= 4 is 0 Å². The molecule has 0 aliphatic carbocycles. The number of nitrogens with two attached hydrogens (primary N) is 1. The number of nitrogens with zero attached hydrogens (tertiary/aromatic N) is 2. The molecule has 0 radical (unpaired) electrons. The fraction of sp³-hybridized carbons (Fsp3) is 0.308. The zero-order valence-electron chi connectivity index (χ0n) is 9.72. The minimum atomic E-state index is 0.133. The van der Waals surface area contributed by atoms with Gasteiger partial charge in [-0.2, -0.15) is 5.10 Å². The summed E-state index contributed by atoms with van der Waals surface area (Å²) in [5.74, 6) is 0. The first-order chi connectivity index (χ1) is 7.70. The number of benzene rings is 1. The number of rotatable bonds is 3. The Bertz CT molecular complexity index is 456. The van der Waals surface area contributed by atoms with Crippen molar-refractivity contribution in [2.24, 2.45) is 5.73 Å². The Morgan fingerprint density at radius 1 is 1.31 bits per heavy atom.